The highest BCUT2D eigenvalue weighted by atomic mass is 16.1. The third-order valence-electron chi connectivity index (χ3n) is 3.77. The zero-order valence-electron chi connectivity index (χ0n) is 11.8. The fraction of sp³-hybridized carbons (Fsp3) is 0.286. The van der Waals surface area contributed by atoms with Gasteiger partial charge in [0.25, 0.3) is 0 Å². The lowest BCUT2D eigenvalue weighted by molar-refractivity contribution is 0.726. The molecule has 0 aliphatic rings. The lowest BCUT2D eigenvalue weighted by Crippen LogP contribution is -2.18. The minimum Gasteiger partial charge on any atom is -0.399 e. The Labute approximate surface area is 115 Å². The molecule has 0 spiro atoms. The first-order valence-corrected chi connectivity index (χ1v) is 6.44. The fourth-order valence-electron chi connectivity index (χ4n) is 2.53. The second kappa shape index (κ2) is 4.26. The summed E-state index contributed by atoms with van der Waals surface area (Å²) in [6.45, 7) is 4.45. The van der Waals surface area contributed by atoms with Crippen LogP contribution in [0.15, 0.2) is 23.0 Å². The van der Waals surface area contributed by atoms with Gasteiger partial charge in [0.15, 0.2) is 0 Å². The molecule has 0 saturated heterocycles. The maximum atomic E-state index is 12.1. The molecule has 6 heteroatoms. The fourth-order valence-corrected chi connectivity index (χ4v) is 2.53. The van der Waals surface area contributed by atoms with Crippen molar-refractivity contribution in [2.75, 3.05) is 5.73 Å². The van der Waals surface area contributed by atoms with Crippen molar-refractivity contribution in [3.05, 3.63) is 45.6 Å². The number of hydrogen-bond donors (Lipinski definition) is 2. The number of aryl methyl sites for hydroxylation is 2. The zero-order chi connectivity index (χ0) is 14.4. The average Bonchev–Trinajstić information content (AvgIpc) is 2.82. The number of nitrogens with one attached hydrogen (secondary N) is 1. The molecule has 3 N–H and O–H groups in total. The van der Waals surface area contributed by atoms with Crippen molar-refractivity contribution in [3.8, 4) is 0 Å². The van der Waals surface area contributed by atoms with Crippen molar-refractivity contribution < 1.29 is 0 Å². The number of anilines is 1. The third-order valence-corrected chi connectivity index (χ3v) is 3.77. The number of aromatic nitrogens is 4. The van der Waals surface area contributed by atoms with Crippen LogP contribution in [0.1, 0.15) is 17.0 Å². The molecular formula is C14H17N5O. The van der Waals surface area contributed by atoms with E-state index in [2.05, 4.69) is 10.1 Å². The summed E-state index contributed by atoms with van der Waals surface area (Å²) in [5.41, 5.74) is 11.0. The number of nitrogens with zero attached hydrogens (tertiary/aromatic N) is 3. The number of nitrogen functional groups attached to an aromatic ring is 1. The first-order valence-electron chi connectivity index (χ1n) is 6.44. The lowest BCUT2D eigenvalue weighted by Gasteiger charge is -2.05. The number of rotatable bonds is 2. The van der Waals surface area contributed by atoms with Gasteiger partial charge in [-0.2, -0.15) is 5.10 Å². The number of hydrogen-bond acceptors (Lipinski definition) is 3. The van der Waals surface area contributed by atoms with Crippen molar-refractivity contribution in [1.29, 1.82) is 0 Å². The SMILES string of the molecule is Cc1nn(C)c(C)c1Cn1c(=O)[nH]c2ccc(N)cc21. The van der Waals surface area contributed by atoms with Gasteiger partial charge in [0.2, 0.25) is 0 Å². The predicted molar refractivity (Wildman–Crippen MR) is 78.8 cm³/mol. The van der Waals surface area contributed by atoms with Crippen LogP contribution < -0.4 is 11.4 Å². The minimum absolute atomic E-state index is 0.131. The molecule has 0 saturated carbocycles. The first-order chi connectivity index (χ1) is 9.47. The van der Waals surface area contributed by atoms with Crippen molar-refractivity contribution >= 4 is 16.7 Å². The molecule has 6 nitrogen and oxygen atoms in total. The van der Waals surface area contributed by atoms with Crippen LogP contribution in [0.4, 0.5) is 5.69 Å². The van der Waals surface area contributed by atoms with Crippen LogP contribution in [-0.2, 0) is 13.6 Å². The highest BCUT2D eigenvalue weighted by molar-refractivity contribution is 5.79. The van der Waals surface area contributed by atoms with E-state index in [9.17, 15) is 4.79 Å². The van der Waals surface area contributed by atoms with Crippen molar-refractivity contribution in [1.82, 2.24) is 19.3 Å². The second-order valence-electron chi connectivity index (χ2n) is 5.07. The number of H-pyrrole nitrogens is 1. The Morgan fingerprint density at radius 3 is 2.75 bits per heavy atom. The van der Waals surface area contributed by atoms with Gasteiger partial charge >= 0.3 is 5.69 Å². The summed E-state index contributed by atoms with van der Waals surface area (Å²) in [5, 5.41) is 4.38. The van der Waals surface area contributed by atoms with Crippen LogP contribution >= 0.6 is 0 Å². The van der Waals surface area contributed by atoms with Gasteiger partial charge in [0.1, 0.15) is 0 Å². The van der Waals surface area contributed by atoms with E-state index in [-0.39, 0.29) is 5.69 Å². The van der Waals surface area contributed by atoms with Gasteiger partial charge in [0, 0.05) is 24.0 Å². The topological polar surface area (TPSA) is 81.6 Å². The smallest absolute Gasteiger partial charge is 0.326 e. The van der Waals surface area contributed by atoms with Crippen molar-refractivity contribution in [3.63, 3.8) is 0 Å². The van der Waals surface area contributed by atoms with Crippen LogP contribution in [0.25, 0.3) is 11.0 Å². The monoisotopic (exact) mass is 271 g/mol. The van der Waals surface area contributed by atoms with E-state index in [0.29, 0.717) is 12.2 Å². The third kappa shape index (κ3) is 1.80. The molecule has 0 aliphatic carbocycles. The molecule has 20 heavy (non-hydrogen) atoms. The highest BCUT2D eigenvalue weighted by Crippen LogP contribution is 2.18. The molecule has 2 aromatic heterocycles. The Bertz CT molecular complexity index is 852. The lowest BCUT2D eigenvalue weighted by atomic mass is 10.2. The van der Waals surface area contributed by atoms with Gasteiger partial charge in [-0.05, 0) is 32.0 Å². The standard InChI is InChI=1S/C14H17N5O/c1-8-11(9(2)18(3)17-8)7-19-13-6-10(15)4-5-12(13)16-14(19)20/h4-6H,7,15H2,1-3H3,(H,16,20). The van der Waals surface area contributed by atoms with E-state index < -0.39 is 0 Å². The number of aromatic amines is 1. The second-order valence-corrected chi connectivity index (χ2v) is 5.07. The number of imidazole rings is 1. The summed E-state index contributed by atoms with van der Waals surface area (Å²) in [4.78, 5) is 15.0. The minimum atomic E-state index is -0.131. The molecule has 0 amide bonds. The number of nitrogens with two attached hydrogens (primary N) is 1. The van der Waals surface area contributed by atoms with Crippen LogP contribution in [0.2, 0.25) is 0 Å². The predicted octanol–water partition coefficient (Wildman–Crippen LogP) is 1.31. The van der Waals surface area contributed by atoms with Crippen LogP contribution in [0.5, 0.6) is 0 Å². The van der Waals surface area contributed by atoms with Gasteiger partial charge in [-0.15, -0.1) is 0 Å². The Morgan fingerprint density at radius 1 is 1.35 bits per heavy atom. The Kier molecular flexibility index (Phi) is 2.67. The van der Waals surface area contributed by atoms with Gasteiger partial charge in [-0.3, -0.25) is 9.25 Å². The molecular weight excluding hydrogens is 254 g/mol. The molecule has 104 valence electrons. The summed E-state index contributed by atoms with van der Waals surface area (Å²) in [6, 6.07) is 5.42. The van der Waals surface area contributed by atoms with E-state index in [1.165, 1.54) is 0 Å². The molecule has 0 atom stereocenters. The summed E-state index contributed by atoms with van der Waals surface area (Å²) in [7, 11) is 1.90. The van der Waals surface area contributed by atoms with Gasteiger partial charge in [-0.1, -0.05) is 0 Å². The van der Waals surface area contributed by atoms with Crippen LogP contribution in [-0.4, -0.2) is 19.3 Å². The van der Waals surface area contributed by atoms with Crippen molar-refractivity contribution in [2.45, 2.75) is 20.4 Å². The molecule has 0 bridgehead atoms. The summed E-state index contributed by atoms with van der Waals surface area (Å²) in [6.07, 6.45) is 0. The van der Waals surface area contributed by atoms with E-state index in [1.807, 2.05) is 37.7 Å². The summed E-state index contributed by atoms with van der Waals surface area (Å²) in [5.74, 6) is 0. The maximum absolute atomic E-state index is 12.1. The van der Waals surface area contributed by atoms with Crippen LogP contribution in [0, 0.1) is 13.8 Å². The average molecular weight is 271 g/mol. The summed E-state index contributed by atoms with van der Waals surface area (Å²) < 4.78 is 3.53. The zero-order valence-corrected chi connectivity index (χ0v) is 11.8. The molecule has 1 aromatic carbocycles. The van der Waals surface area contributed by atoms with Gasteiger partial charge in [-0.25, -0.2) is 4.79 Å². The number of benzene rings is 1. The van der Waals surface area contributed by atoms with Crippen molar-refractivity contribution in [2.24, 2.45) is 7.05 Å². The molecule has 0 radical (unpaired) electrons. The quantitative estimate of drug-likeness (QED) is 0.689. The van der Waals surface area contributed by atoms with E-state index in [0.717, 1.165) is 28.0 Å². The van der Waals surface area contributed by atoms with Gasteiger partial charge in [0.05, 0.1) is 23.3 Å². The normalized spacial score (nSPS) is 11.3. The Morgan fingerprint density at radius 2 is 2.10 bits per heavy atom. The molecule has 3 aromatic rings. The van der Waals surface area contributed by atoms with Crippen LogP contribution in [0.3, 0.4) is 0 Å². The van der Waals surface area contributed by atoms with Gasteiger partial charge < -0.3 is 10.7 Å². The van der Waals surface area contributed by atoms with E-state index in [4.69, 9.17) is 5.73 Å². The molecule has 3 rings (SSSR count). The first kappa shape index (κ1) is 12.5. The molecule has 0 aliphatic heterocycles. The van der Waals surface area contributed by atoms with E-state index >= 15 is 0 Å². The highest BCUT2D eigenvalue weighted by Gasteiger charge is 2.13. The molecule has 0 unspecified atom stereocenters. The number of fused-ring (bicyclic) bond motifs is 1. The molecule has 2 heterocycles. The largest absolute Gasteiger partial charge is 0.399 e. The maximum Gasteiger partial charge on any atom is 0.326 e. The Hall–Kier alpha value is -2.50. The molecule has 0 fully saturated rings. The van der Waals surface area contributed by atoms with E-state index in [1.54, 1.807) is 10.6 Å². The summed E-state index contributed by atoms with van der Waals surface area (Å²) >= 11 is 0. The Balaban J connectivity index is 2.17.